The van der Waals surface area contributed by atoms with Crippen LogP contribution in [0.4, 0.5) is 0 Å². The van der Waals surface area contributed by atoms with Crippen LogP contribution in [0.2, 0.25) is 0 Å². The van der Waals surface area contributed by atoms with E-state index in [9.17, 15) is 4.79 Å². The summed E-state index contributed by atoms with van der Waals surface area (Å²) in [5.41, 5.74) is 0. The quantitative estimate of drug-likeness (QED) is 0.786. The predicted octanol–water partition coefficient (Wildman–Crippen LogP) is 1.38. The van der Waals surface area contributed by atoms with Crippen LogP contribution in [0.5, 0.6) is 0 Å². The molecule has 1 saturated heterocycles. The lowest BCUT2D eigenvalue weighted by atomic mass is 9.95. The molecule has 1 heterocycles. The summed E-state index contributed by atoms with van der Waals surface area (Å²) >= 11 is 0. The van der Waals surface area contributed by atoms with E-state index in [-0.39, 0.29) is 11.8 Å². The van der Waals surface area contributed by atoms with Gasteiger partial charge in [0.25, 0.3) is 0 Å². The molecule has 96 valence electrons. The highest BCUT2D eigenvalue weighted by atomic mass is 16.2. The Kier molecular flexibility index (Phi) is 5.99. The van der Waals surface area contributed by atoms with Gasteiger partial charge >= 0.3 is 0 Å². The predicted molar refractivity (Wildman–Crippen MR) is 67.2 cm³/mol. The fourth-order valence-corrected chi connectivity index (χ4v) is 2.25. The second-order valence-electron chi connectivity index (χ2n) is 4.88. The van der Waals surface area contributed by atoms with E-state index in [1.54, 1.807) is 0 Å². The molecule has 17 heavy (non-hydrogen) atoms. The van der Waals surface area contributed by atoms with Crippen LogP contribution in [-0.2, 0) is 4.79 Å². The largest absolute Gasteiger partial charge is 0.342 e. The number of rotatable bonds is 5. The first-order valence-electron chi connectivity index (χ1n) is 6.55. The Morgan fingerprint density at radius 2 is 2.41 bits per heavy atom. The Bertz CT molecular complexity index is 279. The van der Waals surface area contributed by atoms with Crippen LogP contribution in [0.1, 0.15) is 33.1 Å². The van der Waals surface area contributed by atoms with Gasteiger partial charge in [0, 0.05) is 19.5 Å². The van der Waals surface area contributed by atoms with Crippen LogP contribution in [0.25, 0.3) is 0 Å². The lowest BCUT2D eigenvalue weighted by Gasteiger charge is -2.27. The molecule has 4 heteroatoms. The van der Waals surface area contributed by atoms with Gasteiger partial charge in [-0.15, -0.1) is 0 Å². The van der Waals surface area contributed by atoms with Crippen molar-refractivity contribution in [2.75, 3.05) is 26.2 Å². The van der Waals surface area contributed by atoms with Crippen molar-refractivity contribution in [1.82, 2.24) is 10.2 Å². The molecule has 1 N–H and O–H groups in total. The van der Waals surface area contributed by atoms with Crippen LogP contribution in [0, 0.1) is 23.2 Å². The van der Waals surface area contributed by atoms with Crippen LogP contribution < -0.4 is 5.32 Å². The molecular formula is C13H23N3O. The molecule has 1 amide bonds. The Hall–Kier alpha value is -1.08. The summed E-state index contributed by atoms with van der Waals surface area (Å²) in [6.45, 7) is 7.13. The molecule has 1 fully saturated rings. The SMILES string of the molecule is CCN(CC(C)C#N)C(=O)CC1CCCNC1. The minimum atomic E-state index is -0.0802. The maximum Gasteiger partial charge on any atom is 0.222 e. The first kappa shape index (κ1) is 14.0. The standard InChI is InChI=1S/C13H23N3O/c1-3-16(10-11(2)8-14)13(17)7-12-5-4-6-15-9-12/h11-12,15H,3-7,9-10H2,1-2H3. The van der Waals surface area contributed by atoms with Crippen molar-refractivity contribution in [3.8, 4) is 6.07 Å². The molecule has 1 aliphatic heterocycles. The third kappa shape index (κ3) is 4.74. The highest BCUT2D eigenvalue weighted by Crippen LogP contribution is 2.15. The molecule has 0 aromatic heterocycles. The number of carbonyl (C=O) groups excluding carboxylic acids is 1. The second-order valence-corrected chi connectivity index (χ2v) is 4.88. The zero-order valence-electron chi connectivity index (χ0n) is 10.9. The van der Waals surface area contributed by atoms with Gasteiger partial charge in [-0.1, -0.05) is 0 Å². The number of nitriles is 1. The molecule has 0 bridgehead atoms. The minimum absolute atomic E-state index is 0.0802. The molecule has 0 aromatic rings. The summed E-state index contributed by atoms with van der Waals surface area (Å²) in [5, 5.41) is 12.1. The van der Waals surface area contributed by atoms with Gasteiger partial charge in [-0.2, -0.15) is 5.26 Å². The Morgan fingerprint density at radius 3 is 2.94 bits per heavy atom. The first-order chi connectivity index (χ1) is 8.17. The van der Waals surface area contributed by atoms with Gasteiger partial charge in [-0.05, 0) is 45.7 Å². The molecule has 0 radical (unpaired) electrons. The fraction of sp³-hybridized carbons (Fsp3) is 0.846. The van der Waals surface area contributed by atoms with E-state index >= 15 is 0 Å². The molecule has 4 nitrogen and oxygen atoms in total. The number of carbonyl (C=O) groups is 1. The molecule has 1 rings (SSSR count). The minimum Gasteiger partial charge on any atom is -0.342 e. The van der Waals surface area contributed by atoms with E-state index < -0.39 is 0 Å². The number of nitrogens with zero attached hydrogens (tertiary/aromatic N) is 2. The van der Waals surface area contributed by atoms with E-state index in [4.69, 9.17) is 5.26 Å². The van der Waals surface area contributed by atoms with Gasteiger partial charge in [0.15, 0.2) is 0 Å². The van der Waals surface area contributed by atoms with Crippen molar-refractivity contribution >= 4 is 5.91 Å². The summed E-state index contributed by atoms with van der Waals surface area (Å²) in [6, 6.07) is 2.18. The maximum atomic E-state index is 12.1. The second kappa shape index (κ2) is 7.29. The van der Waals surface area contributed by atoms with Crippen LogP contribution in [0.15, 0.2) is 0 Å². The zero-order valence-corrected chi connectivity index (χ0v) is 10.9. The van der Waals surface area contributed by atoms with Gasteiger partial charge in [-0.25, -0.2) is 0 Å². The number of nitrogens with one attached hydrogen (secondary N) is 1. The van der Waals surface area contributed by atoms with Gasteiger partial charge in [0.05, 0.1) is 12.0 Å². The van der Waals surface area contributed by atoms with Crippen molar-refractivity contribution in [1.29, 1.82) is 5.26 Å². The molecule has 2 unspecified atom stereocenters. The van der Waals surface area contributed by atoms with Crippen LogP contribution in [0.3, 0.4) is 0 Å². The average Bonchev–Trinajstić information content (AvgIpc) is 2.36. The first-order valence-corrected chi connectivity index (χ1v) is 6.55. The third-order valence-corrected chi connectivity index (χ3v) is 3.31. The Labute approximate surface area is 104 Å². The molecular weight excluding hydrogens is 214 g/mol. The number of piperidine rings is 1. The van der Waals surface area contributed by atoms with E-state index in [2.05, 4.69) is 11.4 Å². The van der Waals surface area contributed by atoms with Gasteiger partial charge < -0.3 is 10.2 Å². The van der Waals surface area contributed by atoms with Crippen molar-refractivity contribution in [3.63, 3.8) is 0 Å². The van der Waals surface area contributed by atoms with E-state index in [0.29, 0.717) is 25.4 Å². The molecule has 0 spiro atoms. The van der Waals surface area contributed by atoms with E-state index in [1.807, 2.05) is 18.7 Å². The van der Waals surface area contributed by atoms with Crippen LogP contribution in [-0.4, -0.2) is 37.0 Å². The van der Waals surface area contributed by atoms with E-state index in [0.717, 1.165) is 19.5 Å². The highest BCUT2D eigenvalue weighted by molar-refractivity contribution is 5.76. The van der Waals surface area contributed by atoms with Crippen molar-refractivity contribution < 1.29 is 4.79 Å². The molecule has 2 atom stereocenters. The van der Waals surface area contributed by atoms with Crippen molar-refractivity contribution in [2.45, 2.75) is 33.1 Å². The smallest absolute Gasteiger partial charge is 0.222 e. The van der Waals surface area contributed by atoms with Crippen molar-refractivity contribution in [2.24, 2.45) is 11.8 Å². The average molecular weight is 237 g/mol. The molecule has 0 aliphatic carbocycles. The van der Waals surface area contributed by atoms with Gasteiger partial charge in [0.2, 0.25) is 5.91 Å². The molecule has 1 aliphatic rings. The summed E-state index contributed by atoms with van der Waals surface area (Å²) in [7, 11) is 0. The Morgan fingerprint density at radius 1 is 1.65 bits per heavy atom. The summed E-state index contributed by atoms with van der Waals surface area (Å²) in [5.74, 6) is 0.592. The fourth-order valence-electron chi connectivity index (χ4n) is 2.25. The lowest BCUT2D eigenvalue weighted by molar-refractivity contribution is -0.132. The summed E-state index contributed by atoms with van der Waals surface area (Å²) in [6.07, 6.45) is 2.93. The zero-order chi connectivity index (χ0) is 12.7. The highest BCUT2D eigenvalue weighted by Gasteiger charge is 2.21. The summed E-state index contributed by atoms with van der Waals surface area (Å²) < 4.78 is 0. The number of hydrogen-bond acceptors (Lipinski definition) is 3. The van der Waals surface area contributed by atoms with E-state index in [1.165, 1.54) is 6.42 Å². The Balaban J connectivity index is 2.40. The molecule has 0 saturated carbocycles. The topological polar surface area (TPSA) is 56.1 Å². The van der Waals surface area contributed by atoms with Gasteiger partial charge in [0.1, 0.15) is 0 Å². The number of hydrogen-bond donors (Lipinski definition) is 1. The summed E-state index contributed by atoms with van der Waals surface area (Å²) in [4.78, 5) is 13.9. The van der Waals surface area contributed by atoms with Crippen molar-refractivity contribution in [3.05, 3.63) is 0 Å². The van der Waals surface area contributed by atoms with Gasteiger partial charge in [-0.3, -0.25) is 4.79 Å². The lowest BCUT2D eigenvalue weighted by Crippen LogP contribution is -2.38. The molecule has 0 aromatic carbocycles. The normalized spacial score (nSPS) is 21.6. The number of amides is 1. The monoisotopic (exact) mass is 237 g/mol. The van der Waals surface area contributed by atoms with Crippen LogP contribution >= 0.6 is 0 Å². The maximum absolute atomic E-state index is 12.1. The third-order valence-electron chi connectivity index (χ3n) is 3.31.